The second-order valence-corrected chi connectivity index (χ2v) is 6.13. The Balaban J connectivity index is 1.63. The summed E-state index contributed by atoms with van der Waals surface area (Å²) in [5.74, 6) is 0. The molecule has 0 N–H and O–H groups in total. The zero-order valence-electron chi connectivity index (χ0n) is 13.5. The Morgan fingerprint density at radius 1 is 1.23 bits per heavy atom. The second-order valence-electron chi connectivity index (χ2n) is 6.13. The molecule has 0 radical (unpaired) electrons. The quantitative estimate of drug-likeness (QED) is 0.869. The molecule has 22 heavy (non-hydrogen) atoms. The van der Waals surface area contributed by atoms with E-state index in [1.165, 1.54) is 11.3 Å². The van der Waals surface area contributed by atoms with Crippen molar-refractivity contribution in [2.45, 2.75) is 39.5 Å². The summed E-state index contributed by atoms with van der Waals surface area (Å²) in [7, 11) is 0. The van der Waals surface area contributed by atoms with Crippen LogP contribution in [0, 0.1) is 13.8 Å². The van der Waals surface area contributed by atoms with Gasteiger partial charge in [-0.3, -0.25) is 4.90 Å². The van der Waals surface area contributed by atoms with Crippen LogP contribution in [-0.4, -0.2) is 40.3 Å². The normalized spacial score (nSPS) is 20.0. The Morgan fingerprint density at radius 2 is 2.05 bits per heavy atom. The Bertz CT molecular complexity index is 594. The van der Waals surface area contributed by atoms with Gasteiger partial charge in [-0.15, -0.1) is 0 Å². The van der Waals surface area contributed by atoms with Crippen molar-refractivity contribution >= 4 is 0 Å². The van der Waals surface area contributed by atoms with Gasteiger partial charge in [-0.25, -0.2) is 4.98 Å². The summed E-state index contributed by atoms with van der Waals surface area (Å²) in [5, 5.41) is 0. The summed E-state index contributed by atoms with van der Waals surface area (Å²) in [6, 6.07) is 10.7. The van der Waals surface area contributed by atoms with Gasteiger partial charge in [0.1, 0.15) is 0 Å². The van der Waals surface area contributed by atoms with Gasteiger partial charge in [-0.2, -0.15) is 0 Å². The molecular weight excluding hydrogens is 274 g/mol. The molecule has 0 bridgehead atoms. The van der Waals surface area contributed by atoms with Gasteiger partial charge in [0.25, 0.3) is 0 Å². The number of aromatic nitrogens is 2. The van der Waals surface area contributed by atoms with E-state index in [9.17, 15) is 0 Å². The third-order valence-corrected chi connectivity index (χ3v) is 4.43. The van der Waals surface area contributed by atoms with Crippen molar-refractivity contribution in [1.82, 2.24) is 14.5 Å². The molecule has 2 heterocycles. The largest absolute Gasteiger partial charge is 0.375 e. The van der Waals surface area contributed by atoms with E-state index in [0.717, 1.165) is 44.9 Å². The maximum Gasteiger partial charge on any atom is 0.0952 e. The number of imidazole rings is 1. The van der Waals surface area contributed by atoms with Gasteiger partial charge in [-0.05, 0) is 25.8 Å². The van der Waals surface area contributed by atoms with Crippen molar-refractivity contribution < 1.29 is 4.74 Å². The van der Waals surface area contributed by atoms with Gasteiger partial charge in [0.05, 0.1) is 24.7 Å². The molecule has 2 aromatic rings. The predicted octanol–water partition coefficient (Wildman–Crippen LogP) is 2.79. The van der Waals surface area contributed by atoms with Crippen LogP contribution in [0.2, 0.25) is 0 Å². The van der Waals surface area contributed by atoms with Crippen LogP contribution < -0.4 is 0 Å². The highest BCUT2D eigenvalue weighted by atomic mass is 16.5. The lowest BCUT2D eigenvalue weighted by Crippen LogP contribution is -2.34. The molecule has 1 aliphatic heterocycles. The lowest BCUT2D eigenvalue weighted by Gasteiger charge is -2.24. The van der Waals surface area contributed by atoms with E-state index in [4.69, 9.17) is 4.74 Å². The van der Waals surface area contributed by atoms with Crippen LogP contribution in [0.15, 0.2) is 36.7 Å². The van der Waals surface area contributed by atoms with Crippen LogP contribution in [-0.2, 0) is 17.8 Å². The van der Waals surface area contributed by atoms with Crippen LogP contribution >= 0.6 is 0 Å². The molecule has 1 fully saturated rings. The van der Waals surface area contributed by atoms with Crippen molar-refractivity contribution in [2.75, 3.05) is 19.7 Å². The van der Waals surface area contributed by atoms with Crippen molar-refractivity contribution in [3.05, 3.63) is 53.6 Å². The Kier molecular flexibility index (Phi) is 4.90. The Morgan fingerprint density at radius 3 is 2.77 bits per heavy atom. The first-order valence-corrected chi connectivity index (χ1v) is 8.08. The molecule has 3 rings (SSSR count). The molecular formula is C18H25N3O. The van der Waals surface area contributed by atoms with Gasteiger partial charge in [0, 0.05) is 31.9 Å². The van der Waals surface area contributed by atoms with E-state index in [-0.39, 0.29) is 6.10 Å². The number of aryl methyl sites for hydroxylation is 1. The van der Waals surface area contributed by atoms with Gasteiger partial charge < -0.3 is 9.30 Å². The van der Waals surface area contributed by atoms with Crippen LogP contribution in [0.5, 0.6) is 0 Å². The maximum atomic E-state index is 6.05. The fourth-order valence-corrected chi connectivity index (χ4v) is 3.01. The number of hydrogen-bond acceptors (Lipinski definition) is 3. The lowest BCUT2D eigenvalue weighted by atomic mass is 10.2. The van der Waals surface area contributed by atoms with Crippen molar-refractivity contribution in [3.63, 3.8) is 0 Å². The van der Waals surface area contributed by atoms with Crippen LogP contribution in [0.25, 0.3) is 0 Å². The number of hydrogen-bond donors (Lipinski definition) is 0. The first-order chi connectivity index (χ1) is 10.7. The first-order valence-electron chi connectivity index (χ1n) is 8.08. The molecule has 0 aliphatic carbocycles. The third-order valence-electron chi connectivity index (χ3n) is 4.43. The molecule has 0 amide bonds. The average molecular weight is 299 g/mol. The molecule has 1 saturated heterocycles. The van der Waals surface area contributed by atoms with Crippen molar-refractivity contribution in [1.29, 1.82) is 0 Å². The number of rotatable bonds is 4. The molecule has 0 spiro atoms. The van der Waals surface area contributed by atoms with E-state index < -0.39 is 0 Å². The topological polar surface area (TPSA) is 30.3 Å². The van der Waals surface area contributed by atoms with Crippen molar-refractivity contribution in [3.8, 4) is 0 Å². The minimum Gasteiger partial charge on any atom is -0.375 e. The van der Waals surface area contributed by atoms with Gasteiger partial charge >= 0.3 is 0 Å². The van der Waals surface area contributed by atoms with Crippen molar-refractivity contribution in [2.24, 2.45) is 0 Å². The molecule has 4 nitrogen and oxygen atoms in total. The summed E-state index contributed by atoms with van der Waals surface area (Å²) >= 11 is 0. The second kappa shape index (κ2) is 7.07. The van der Waals surface area contributed by atoms with E-state index in [2.05, 4.69) is 58.6 Å². The first kappa shape index (κ1) is 15.3. The highest BCUT2D eigenvalue weighted by Gasteiger charge is 2.20. The molecule has 1 atom stereocenters. The highest BCUT2D eigenvalue weighted by molar-refractivity contribution is 5.14. The monoisotopic (exact) mass is 299 g/mol. The van der Waals surface area contributed by atoms with Crippen LogP contribution in [0.1, 0.15) is 23.4 Å². The van der Waals surface area contributed by atoms with Gasteiger partial charge in [-0.1, -0.05) is 30.3 Å². The standard InChI is InChI=1S/C18H25N3O/c1-15-16(2)21(14-19-15)13-18-12-20(9-6-10-22-18)11-17-7-4-3-5-8-17/h3-5,7-8,14,18H,6,9-13H2,1-2H3/t18-/m0/s1. The summed E-state index contributed by atoms with van der Waals surface area (Å²) in [5.41, 5.74) is 3.72. The molecule has 118 valence electrons. The lowest BCUT2D eigenvalue weighted by molar-refractivity contribution is 0.0411. The Labute approximate surface area is 132 Å². The number of ether oxygens (including phenoxy) is 1. The molecule has 4 heteroatoms. The average Bonchev–Trinajstić information content (AvgIpc) is 2.73. The molecule has 1 aromatic heterocycles. The highest BCUT2D eigenvalue weighted by Crippen LogP contribution is 2.14. The molecule has 1 aliphatic rings. The smallest absolute Gasteiger partial charge is 0.0952 e. The number of nitrogens with zero attached hydrogens (tertiary/aromatic N) is 3. The molecule has 0 unspecified atom stereocenters. The summed E-state index contributed by atoms with van der Waals surface area (Å²) in [6.07, 6.45) is 3.27. The third kappa shape index (κ3) is 3.76. The van der Waals surface area contributed by atoms with E-state index in [1.54, 1.807) is 0 Å². The summed E-state index contributed by atoms with van der Waals surface area (Å²) in [4.78, 5) is 6.89. The fourth-order valence-electron chi connectivity index (χ4n) is 3.01. The van der Waals surface area contributed by atoms with Crippen LogP contribution in [0.3, 0.4) is 0 Å². The van der Waals surface area contributed by atoms with Gasteiger partial charge in [0.2, 0.25) is 0 Å². The Hall–Kier alpha value is -1.65. The van der Waals surface area contributed by atoms with Gasteiger partial charge in [0.15, 0.2) is 0 Å². The zero-order chi connectivity index (χ0) is 15.4. The molecule has 0 saturated carbocycles. The van der Waals surface area contributed by atoms with E-state index in [0.29, 0.717) is 0 Å². The maximum absolute atomic E-state index is 6.05. The zero-order valence-corrected chi connectivity index (χ0v) is 13.5. The summed E-state index contributed by atoms with van der Waals surface area (Å²) in [6.45, 7) is 9.00. The minimum atomic E-state index is 0.235. The SMILES string of the molecule is Cc1ncn(C[C@@H]2CN(Cc3ccccc3)CCCO2)c1C. The molecule has 1 aromatic carbocycles. The van der Waals surface area contributed by atoms with Crippen LogP contribution in [0.4, 0.5) is 0 Å². The van der Waals surface area contributed by atoms with E-state index in [1.807, 2.05) is 6.33 Å². The predicted molar refractivity (Wildman–Crippen MR) is 87.8 cm³/mol. The minimum absolute atomic E-state index is 0.235. The van der Waals surface area contributed by atoms with E-state index >= 15 is 0 Å². The fraction of sp³-hybridized carbons (Fsp3) is 0.500. The number of benzene rings is 1. The summed E-state index contributed by atoms with van der Waals surface area (Å²) < 4.78 is 8.26.